The number of ether oxygens (including phenoxy) is 3. The molecule has 0 radical (unpaired) electrons. The first-order valence-corrected chi connectivity index (χ1v) is 21.8. The van der Waals surface area contributed by atoms with Gasteiger partial charge in [0.05, 0.1) is 35.9 Å². The minimum absolute atomic E-state index is 0.0217. The van der Waals surface area contributed by atoms with E-state index >= 15 is 0 Å². The number of fused-ring (bicyclic) bond motifs is 3. The van der Waals surface area contributed by atoms with Crippen molar-refractivity contribution < 1.29 is 41.8 Å². The number of carbonyl (C=O) groups is 4. The average Bonchev–Trinajstić information content (AvgIpc) is 3.96. The van der Waals surface area contributed by atoms with E-state index < -0.39 is 67.7 Å². The molecule has 3 aliphatic carbocycles. The molecule has 14 nitrogen and oxygen atoms in total. The number of aryl methyl sites for hydroxylation is 1. The van der Waals surface area contributed by atoms with Crippen LogP contribution in [0.4, 0.5) is 0 Å². The monoisotopic (exact) mass is 793 g/mol. The van der Waals surface area contributed by atoms with E-state index in [2.05, 4.69) is 15.0 Å². The van der Waals surface area contributed by atoms with Gasteiger partial charge in [-0.05, 0) is 96.6 Å². The topological polar surface area (TPSA) is 183 Å². The van der Waals surface area contributed by atoms with Crippen LogP contribution in [0.15, 0.2) is 30.4 Å². The molecule has 15 heteroatoms. The van der Waals surface area contributed by atoms with Crippen LogP contribution >= 0.6 is 0 Å². The van der Waals surface area contributed by atoms with Crippen molar-refractivity contribution in [2.45, 2.75) is 145 Å². The molecule has 5 aliphatic rings. The molecule has 2 N–H and O–H groups in total. The SMILES string of the molecule is CCC1(OC(=O)C[C@H]2CCCCC/C=C\[C@@H]3C[C@@]3(C(=O)NS(=O)(=O)C3(C)CC3)NC(=O)[C@@H]3C[C@@H](Oc4nc5cc(OC)ccc5nc4C)CN3C2=O)CCCC1. The lowest BCUT2D eigenvalue weighted by Crippen LogP contribution is -2.57. The van der Waals surface area contributed by atoms with Gasteiger partial charge >= 0.3 is 5.97 Å². The minimum Gasteiger partial charge on any atom is -0.497 e. The van der Waals surface area contributed by atoms with Crippen molar-refractivity contribution >= 4 is 44.7 Å². The fraction of sp³-hybridized carbons (Fsp3) is 0.659. The molecule has 4 fully saturated rings. The van der Waals surface area contributed by atoms with Crippen molar-refractivity contribution in [3.63, 3.8) is 0 Å². The van der Waals surface area contributed by atoms with E-state index in [1.54, 1.807) is 39.2 Å². The van der Waals surface area contributed by atoms with Crippen LogP contribution < -0.4 is 19.5 Å². The Morgan fingerprint density at radius 1 is 1.04 bits per heavy atom. The van der Waals surface area contributed by atoms with Crippen LogP contribution in [0, 0.1) is 18.8 Å². The number of hydrogen-bond acceptors (Lipinski definition) is 11. The van der Waals surface area contributed by atoms with Crippen molar-refractivity contribution in [2.75, 3.05) is 13.7 Å². The van der Waals surface area contributed by atoms with E-state index in [4.69, 9.17) is 19.2 Å². The number of benzene rings is 1. The van der Waals surface area contributed by atoms with Crippen LogP contribution in [0.1, 0.15) is 116 Å². The summed E-state index contributed by atoms with van der Waals surface area (Å²) in [4.78, 5) is 67.5. The third-order valence-corrected chi connectivity index (χ3v) is 14.9. The van der Waals surface area contributed by atoms with Gasteiger partial charge in [-0.1, -0.05) is 31.9 Å². The van der Waals surface area contributed by atoms with Gasteiger partial charge in [0.2, 0.25) is 27.7 Å². The van der Waals surface area contributed by atoms with Crippen molar-refractivity contribution in [2.24, 2.45) is 11.8 Å². The molecule has 1 saturated heterocycles. The van der Waals surface area contributed by atoms with Crippen LogP contribution in [0.25, 0.3) is 11.0 Å². The van der Waals surface area contributed by atoms with Crippen LogP contribution in [-0.2, 0) is 33.9 Å². The number of allylic oxidation sites excluding steroid dienone is 1. The first-order chi connectivity index (χ1) is 26.7. The van der Waals surface area contributed by atoms with Crippen LogP contribution in [0.3, 0.4) is 0 Å². The van der Waals surface area contributed by atoms with Gasteiger partial charge in [0.25, 0.3) is 5.91 Å². The molecule has 1 aromatic heterocycles. The smallest absolute Gasteiger partial charge is 0.307 e. The molecule has 1 aromatic carbocycles. The second kappa shape index (κ2) is 15.6. The maximum atomic E-state index is 14.7. The van der Waals surface area contributed by atoms with E-state index in [9.17, 15) is 27.6 Å². The molecular formula is C41H55N5O9S. The highest BCUT2D eigenvalue weighted by Gasteiger charge is 2.63. The predicted octanol–water partition coefficient (Wildman–Crippen LogP) is 4.96. The Kier molecular flexibility index (Phi) is 11.1. The molecule has 2 aromatic rings. The Labute approximate surface area is 328 Å². The summed E-state index contributed by atoms with van der Waals surface area (Å²) >= 11 is 0. The number of nitrogens with one attached hydrogen (secondary N) is 2. The normalized spacial score (nSPS) is 29.2. The fourth-order valence-electron chi connectivity index (χ4n) is 8.61. The van der Waals surface area contributed by atoms with E-state index in [1.165, 1.54) is 4.90 Å². The molecule has 56 heavy (non-hydrogen) atoms. The summed E-state index contributed by atoms with van der Waals surface area (Å²) in [6.45, 7) is 5.41. The van der Waals surface area contributed by atoms with E-state index in [1.807, 2.05) is 19.1 Å². The van der Waals surface area contributed by atoms with Crippen molar-refractivity contribution in [1.82, 2.24) is 24.9 Å². The summed E-state index contributed by atoms with van der Waals surface area (Å²) in [6, 6.07) is 4.27. The summed E-state index contributed by atoms with van der Waals surface area (Å²) in [5.41, 5.74) is -0.291. The van der Waals surface area contributed by atoms with Gasteiger partial charge in [-0.25, -0.2) is 18.4 Å². The Balaban J connectivity index is 1.18. The third-order valence-electron chi connectivity index (χ3n) is 12.8. The Hall–Kier alpha value is -4.27. The Morgan fingerprint density at radius 2 is 1.80 bits per heavy atom. The first kappa shape index (κ1) is 39.9. The number of nitrogens with zero attached hydrogens (tertiary/aromatic N) is 3. The minimum atomic E-state index is -3.98. The zero-order valence-electron chi connectivity index (χ0n) is 32.9. The molecule has 3 amide bonds. The summed E-state index contributed by atoms with van der Waals surface area (Å²) in [7, 11) is -2.42. The molecular weight excluding hydrogens is 739 g/mol. The highest BCUT2D eigenvalue weighted by atomic mass is 32.2. The second-order valence-corrected chi connectivity index (χ2v) is 19.0. The number of carbonyl (C=O) groups excluding carboxylic acids is 4. The molecule has 0 bridgehead atoms. The van der Waals surface area contributed by atoms with Gasteiger partial charge in [-0.15, -0.1) is 0 Å². The molecule has 3 heterocycles. The van der Waals surface area contributed by atoms with Gasteiger partial charge in [-0.3, -0.25) is 23.9 Å². The maximum Gasteiger partial charge on any atom is 0.307 e. The van der Waals surface area contributed by atoms with Gasteiger partial charge in [0.15, 0.2) is 0 Å². The lowest BCUT2D eigenvalue weighted by atomic mass is 9.94. The number of hydrogen-bond donors (Lipinski definition) is 2. The molecule has 2 aliphatic heterocycles. The largest absolute Gasteiger partial charge is 0.497 e. The van der Waals surface area contributed by atoms with Gasteiger partial charge < -0.3 is 24.4 Å². The standard InChI is InChI=1S/C41H55N5O9S/c1-5-40(17-11-12-18-40)55-34(47)21-27-13-9-7-6-8-10-14-28-24-41(28,38(50)45-56(51,52)39(3)19-20-39)44-35(48)33-23-30(25-46(33)37(27)49)54-36-26(2)42-31-16-15-29(53-4)22-32(31)43-36/h10,14-16,22,27-28,30,33H,5-9,11-13,17-21,23-25H2,1-4H3,(H,44,48)(H,45,50)/b14-10-/t27-,28-,30-,33+,41-/m1/s1. The highest BCUT2D eigenvalue weighted by Crippen LogP contribution is 2.48. The average molecular weight is 794 g/mol. The highest BCUT2D eigenvalue weighted by molar-refractivity contribution is 7.91. The number of aromatic nitrogens is 2. The lowest BCUT2D eigenvalue weighted by molar-refractivity contribution is -0.163. The van der Waals surface area contributed by atoms with Crippen molar-refractivity contribution in [3.05, 3.63) is 36.0 Å². The predicted molar refractivity (Wildman–Crippen MR) is 207 cm³/mol. The van der Waals surface area contributed by atoms with Gasteiger partial charge in [-0.2, -0.15) is 0 Å². The number of amides is 3. The quantitative estimate of drug-likeness (QED) is 0.245. The number of esters is 1. The molecule has 3 saturated carbocycles. The summed E-state index contributed by atoms with van der Waals surface area (Å²) < 4.78 is 45.5. The first-order valence-electron chi connectivity index (χ1n) is 20.3. The van der Waals surface area contributed by atoms with Crippen LogP contribution in [-0.4, -0.2) is 88.7 Å². The zero-order valence-corrected chi connectivity index (χ0v) is 33.8. The Bertz CT molecular complexity index is 2010. The number of sulfonamides is 1. The maximum absolute atomic E-state index is 14.7. The van der Waals surface area contributed by atoms with Crippen molar-refractivity contribution in [1.29, 1.82) is 0 Å². The molecule has 5 atom stereocenters. The van der Waals surface area contributed by atoms with Gasteiger partial charge in [0.1, 0.15) is 34.7 Å². The van der Waals surface area contributed by atoms with Crippen LogP contribution in [0.5, 0.6) is 11.6 Å². The van der Waals surface area contributed by atoms with Gasteiger partial charge in [0, 0.05) is 24.3 Å². The molecule has 7 rings (SSSR count). The van der Waals surface area contributed by atoms with E-state index in [0.717, 1.165) is 44.9 Å². The summed E-state index contributed by atoms with van der Waals surface area (Å²) in [6.07, 6.45) is 12.0. The number of methoxy groups -OCH3 is 1. The summed E-state index contributed by atoms with van der Waals surface area (Å²) in [5.74, 6) is -2.47. The second-order valence-electron chi connectivity index (χ2n) is 16.8. The summed E-state index contributed by atoms with van der Waals surface area (Å²) in [5, 5.41) is 2.92. The number of rotatable bonds is 10. The molecule has 304 valence electrons. The third kappa shape index (κ3) is 8.10. The zero-order chi connectivity index (χ0) is 39.9. The van der Waals surface area contributed by atoms with E-state index in [-0.39, 0.29) is 37.6 Å². The molecule has 0 spiro atoms. The van der Waals surface area contributed by atoms with Crippen LogP contribution in [0.2, 0.25) is 0 Å². The fourth-order valence-corrected chi connectivity index (χ4v) is 9.92. The van der Waals surface area contributed by atoms with E-state index in [0.29, 0.717) is 54.6 Å². The lowest BCUT2D eigenvalue weighted by Gasteiger charge is -2.31. The molecule has 0 unspecified atom stereocenters. The Morgan fingerprint density at radius 3 is 2.52 bits per heavy atom. The van der Waals surface area contributed by atoms with Crippen molar-refractivity contribution in [3.8, 4) is 11.6 Å².